The Morgan fingerprint density at radius 3 is 1.38 bits per heavy atom. The highest BCUT2D eigenvalue weighted by Gasteiger charge is 2.31. The highest BCUT2D eigenvalue weighted by atomic mass is 14.7. The van der Waals surface area contributed by atoms with Gasteiger partial charge in [0.15, 0.2) is 0 Å². The molecule has 0 bridgehead atoms. The molecule has 0 saturated heterocycles. The number of hydrogen-bond acceptors (Lipinski definition) is 1. The summed E-state index contributed by atoms with van der Waals surface area (Å²) in [7, 11) is 0. The quantitative estimate of drug-likeness (QED) is 0.231. The third-order valence-corrected chi connectivity index (χ3v) is 8.02. The van der Waals surface area contributed by atoms with Crippen molar-refractivity contribution in [1.29, 1.82) is 0 Å². The molecule has 1 aliphatic carbocycles. The summed E-state index contributed by atoms with van der Waals surface area (Å²) >= 11 is 0. The summed E-state index contributed by atoms with van der Waals surface area (Å²) < 4.78 is 0. The summed E-state index contributed by atoms with van der Waals surface area (Å²) in [6.07, 6.45) is 0. The third-order valence-electron chi connectivity index (χ3n) is 8.02. The summed E-state index contributed by atoms with van der Waals surface area (Å²) in [4.78, 5) is 5.53. The van der Waals surface area contributed by atoms with Crippen molar-refractivity contribution in [2.75, 3.05) is 0 Å². The molecule has 0 aliphatic heterocycles. The van der Waals surface area contributed by atoms with Crippen molar-refractivity contribution in [2.24, 2.45) is 0 Å². The van der Waals surface area contributed by atoms with Gasteiger partial charge in [0.05, 0.1) is 11.4 Å². The second kappa shape index (κ2) is 9.18. The molecule has 186 valence electrons. The Bertz CT molecular complexity index is 2000. The molecule has 0 fully saturated rings. The van der Waals surface area contributed by atoms with Gasteiger partial charge in [0.2, 0.25) is 0 Å². The predicted octanol–water partition coefficient (Wildman–Crippen LogP) is 10.6. The molecule has 1 aromatic heterocycles. The number of pyridine rings is 1. The zero-order valence-electron chi connectivity index (χ0n) is 21.9. The molecule has 0 amide bonds. The fourth-order valence-electron chi connectivity index (χ4n) is 6.23. The summed E-state index contributed by atoms with van der Waals surface area (Å²) in [5.41, 5.74) is 14.1. The Kier molecular flexibility index (Phi) is 5.21. The first-order valence-corrected chi connectivity index (χ1v) is 13.7. The third kappa shape index (κ3) is 3.52. The van der Waals surface area contributed by atoms with Gasteiger partial charge in [0, 0.05) is 27.8 Å². The molecule has 0 radical (unpaired) electrons. The van der Waals surface area contributed by atoms with E-state index < -0.39 is 0 Å². The summed E-state index contributed by atoms with van der Waals surface area (Å²) in [6.45, 7) is 0. The summed E-state index contributed by atoms with van der Waals surface area (Å²) in [5.74, 6) is 0. The van der Waals surface area contributed by atoms with Gasteiger partial charge < -0.3 is 0 Å². The first kappa shape index (κ1) is 22.7. The molecular formula is C39H25N. The fourth-order valence-corrected chi connectivity index (χ4v) is 6.23. The van der Waals surface area contributed by atoms with E-state index in [1.54, 1.807) is 0 Å². The van der Waals surface area contributed by atoms with Crippen LogP contribution in [-0.4, -0.2) is 4.98 Å². The Morgan fingerprint density at radius 1 is 0.300 bits per heavy atom. The highest BCUT2D eigenvalue weighted by molar-refractivity contribution is 6.21. The van der Waals surface area contributed by atoms with Crippen molar-refractivity contribution in [2.45, 2.75) is 0 Å². The van der Waals surface area contributed by atoms with Crippen LogP contribution in [0.4, 0.5) is 0 Å². The molecule has 1 nitrogen and oxygen atoms in total. The van der Waals surface area contributed by atoms with E-state index in [-0.39, 0.29) is 0 Å². The molecule has 0 spiro atoms. The molecule has 8 rings (SSSR count). The minimum Gasteiger partial charge on any atom is -0.246 e. The van der Waals surface area contributed by atoms with Gasteiger partial charge in [-0.1, -0.05) is 152 Å². The fraction of sp³-hybridized carbons (Fsp3) is 0. The lowest BCUT2D eigenvalue weighted by Gasteiger charge is -2.20. The van der Waals surface area contributed by atoms with E-state index in [0.29, 0.717) is 0 Å². The molecule has 0 N–H and O–H groups in total. The van der Waals surface area contributed by atoms with Gasteiger partial charge in [-0.25, -0.2) is 4.98 Å². The number of fused-ring (bicyclic) bond motifs is 3. The zero-order chi connectivity index (χ0) is 26.5. The average molecular weight is 508 g/mol. The Hall–Kier alpha value is -5.27. The van der Waals surface area contributed by atoms with Gasteiger partial charge in [0.25, 0.3) is 0 Å². The molecule has 0 saturated carbocycles. The van der Waals surface area contributed by atoms with Gasteiger partial charge in [0.1, 0.15) is 0 Å². The van der Waals surface area contributed by atoms with E-state index >= 15 is 0 Å². The molecule has 40 heavy (non-hydrogen) atoms. The van der Waals surface area contributed by atoms with Crippen molar-refractivity contribution < 1.29 is 0 Å². The van der Waals surface area contributed by atoms with E-state index in [1.807, 2.05) is 0 Å². The normalized spacial score (nSPS) is 11.5. The SMILES string of the molecule is c1ccc(-c2ccc(-c3nc(-c4ccccc4)c4c(c3-c3ccccc3)-c3cccc5cccc-4c35)cc2)cc1. The maximum absolute atomic E-state index is 5.53. The first-order valence-electron chi connectivity index (χ1n) is 13.7. The van der Waals surface area contributed by atoms with Gasteiger partial charge in [-0.3, -0.25) is 0 Å². The number of nitrogens with zero attached hydrogens (tertiary/aromatic N) is 1. The number of benzene rings is 6. The van der Waals surface area contributed by atoms with Crippen LogP contribution in [0.1, 0.15) is 0 Å². The smallest absolute Gasteiger partial charge is 0.0794 e. The van der Waals surface area contributed by atoms with Crippen LogP contribution in [-0.2, 0) is 0 Å². The van der Waals surface area contributed by atoms with Crippen LogP contribution in [0.5, 0.6) is 0 Å². The minimum absolute atomic E-state index is 1.01. The van der Waals surface area contributed by atoms with Crippen LogP contribution in [0.3, 0.4) is 0 Å². The van der Waals surface area contributed by atoms with Crippen molar-refractivity contribution in [3.05, 3.63) is 152 Å². The molecule has 0 atom stereocenters. The molecular weight excluding hydrogens is 482 g/mol. The molecule has 7 aromatic rings. The molecule has 1 heterocycles. The molecule has 0 unspecified atom stereocenters. The Morgan fingerprint density at radius 2 is 0.750 bits per heavy atom. The predicted molar refractivity (Wildman–Crippen MR) is 168 cm³/mol. The maximum atomic E-state index is 5.53. The largest absolute Gasteiger partial charge is 0.246 e. The molecule has 1 aliphatic rings. The zero-order valence-corrected chi connectivity index (χ0v) is 21.9. The lowest BCUT2D eigenvalue weighted by Crippen LogP contribution is -1.98. The van der Waals surface area contributed by atoms with Crippen LogP contribution >= 0.6 is 0 Å². The van der Waals surface area contributed by atoms with Crippen LogP contribution in [0.15, 0.2) is 152 Å². The maximum Gasteiger partial charge on any atom is 0.0794 e. The number of rotatable bonds is 4. The Labute approximate surface area is 234 Å². The van der Waals surface area contributed by atoms with Crippen LogP contribution in [0.2, 0.25) is 0 Å². The van der Waals surface area contributed by atoms with Crippen LogP contribution in [0.25, 0.3) is 77.8 Å². The van der Waals surface area contributed by atoms with E-state index in [9.17, 15) is 0 Å². The molecule has 6 aromatic carbocycles. The number of aromatic nitrogens is 1. The van der Waals surface area contributed by atoms with E-state index in [1.165, 1.54) is 55.3 Å². The summed E-state index contributed by atoms with van der Waals surface area (Å²) in [5, 5.41) is 2.57. The van der Waals surface area contributed by atoms with Gasteiger partial charge >= 0.3 is 0 Å². The van der Waals surface area contributed by atoms with E-state index in [0.717, 1.165) is 22.5 Å². The standard InChI is InChI=1S/C39H25N/c1-4-12-26(13-5-1)27-22-24-31(25-23-27)38-35(29-14-6-2-7-15-29)36-32-20-10-18-28-19-11-21-33(34(28)32)37(36)39(40-38)30-16-8-3-9-17-30/h1-25H. The first-order chi connectivity index (χ1) is 19.9. The van der Waals surface area contributed by atoms with E-state index in [2.05, 4.69) is 152 Å². The summed E-state index contributed by atoms with van der Waals surface area (Å²) in [6, 6.07) is 54.1. The van der Waals surface area contributed by atoms with Crippen molar-refractivity contribution in [1.82, 2.24) is 4.98 Å². The topological polar surface area (TPSA) is 12.9 Å². The van der Waals surface area contributed by atoms with Crippen molar-refractivity contribution >= 4 is 10.8 Å². The lowest BCUT2D eigenvalue weighted by atomic mass is 9.87. The lowest BCUT2D eigenvalue weighted by molar-refractivity contribution is 1.33. The Balaban J connectivity index is 1.48. The van der Waals surface area contributed by atoms with Crippen LogP contribution < -0.4 is 0 Å². The minimum atomic E-state index is 1.01. The van der Waals surface area contributed by atoms with E-state index in [4.69, 9.17) is 4.98 Å². The molecule has 1 heteroatoms. The monoisotopic (exact) mass is 507 g/mol. The second-order valence-electron chi connectivity index (χ2n) is 10.3. The van der Waals surface area contributed by atoms with Crippen molar-refractivity contribution in [3.63, 3.8) is 0 Å². The van der Waals surface area contributed by atoms with Crippen LogP contribution in [0, 0.1) is 0 Å². The van der Waals surface area contributed by atoms with Crippen molar-refractivity contribution in [3.8, 4) is 67.0 Å². The van der Waals surface area contributed by atoms with Gasteiger partial charge in [-0.05, 0) is 38.6 Å². The van der Waals surface area contributed by atoms with Gasteiger partial charge in [-0.2, -0.15) is 0 Å². The highest BCUT2D eigenvalue weighted by Crippen LogP contribution is 2.55. The second-order valence-corrected chi connectivity index (χ2v) is 10.3. The average Bonchev–Trinajstić information content (AvgIpc) is 3.38. The van der Waals surface area contributed by atoms with Gasteiger partial charge in [-0.15, -0.1) is 0 Å². The number of hydrogen-bond donors (Lipinski definition) is 0.